The van der Waals surface area contributed by atoms with Crippen LogP contribution in [0.3, 0.4) is 0 Å². The standard InChI is InChI=1S/C12H16ClNO3S/c1-9-2-3-10(13)8-12(9)18(16,17)14-6-4-11(15)5-7-14/h2-3,8,11,15H,4-7H2,1H3. The predicted octanol–water partition coefficient (Wildman–Crippen LogP) is 1.79. The monoisotopic (exact) mass is 289 g/mol. The number of hydrogen-bond donors (Lipinski definition) is 1. The first-order chi connectivity index (χ1) is 8.41. The number of aliphatic hydroxyl groups is 1. The Labute approximate surface area is 112 Å². The maximum absolute atomic E-state index is 12.5. The molecule has 1 aromatic carbocycles. The largest absolute Gasteiger partial charge is 0.393 e. The van der Waals surface area contributed by atoms with Crippen molar-refractivity contribution in [1.29, 1.82) is 0 Å². The Balaban J connectivity index is 2.33. The second kappa shape index (κ2) is 5.17. The van der Waals surface area contributed by atoms with Gasteiger partial charge in [0.15, 0.2) is 0 Å². The second-order valence-electron chi connectivity index (χ2n) is 4.55. The van der Waals surface area contributed by atoms with Gasteiger partial charge in [0, 0.05) is 18.1 Å². The maximum Gasteiger partial charge on any atom is 0.243 e. The topological polar surface area (TPSA) is 57.6 Å². The molecule has 0 saturated carbocycles. The van der Waals surface area contributed by atoms with Crippen LogP contribution in [0.25, 0.3) is 0 Å². The molecule has 2 rings (SSSR count). The van der Waals surface area contributed by atoms with E-state index in [9.17, 15) is 13.5 Å². The zero-order valence-electron chi connectivity index (χ0n) is 10.1. The van der Waals surface area contributed by atoms with Crippen LogP contribution in [0.4, 0.5) is 0 Å². The number of hydrogen-bond acceptors (Lipinski definition) is 3. The number of piperidine rings is 1. The summed E-state index contributed by atoms with van der Waals surface area (Å²) in [6.45, 7) is 2.47. The molecule has 1 aliphatic heterocycles. The smallest absolute Gasteiger partial charge is 0.243 e. The Kier molecular flexibility index (Phi) is 3.96. The first kappa shape index (κ1) is 13.8. The molecule has 1 heterocycles. The highest BCUT2D eigenvalue weighted by Crippen LogP contribution is 2.25. The Hall–Kier alpha value is -0.620. The molecule has 1 aliphatic rings. The fourth-order valence-electron chi connectivity index (χ4n) is 2.07. The first-order valence-corrected chi connectivity index (χ1v) is 7.67. The third-order valence-corrected chi connectivity index (χ3v) is 5.47. The molecule has 0 unspecified atom stereocenters. The average Bonchev–Trinajstić information content (AvgIpc) is 2.32. The molecule has 1 N–H and O–H groups in total. The number of aliphatic hydroxyl groups excluding tert-OH is 1. The summed E-state index contributed by atoms with van der Waals surface area (Å²) < 4.78 is 26.3. The van der Waals surface area contributed by atoms with Gasteiger partial charge in [-0.2, -0.15) is 4.31 Å². The van der Waals surface area contributed by atoms with Gasteiger partial charge >= 0.3 is 0 Å². The van der Waals surface area contributed by atoms with Crippen LogP contribution in [-0.2, 0) is 10.0 Å². The Bertz CT molecular complexity index is 536. The van der Waals surface area contributed by atoms with E-state index in [0.717, 1.165) is 0 Å². The SMILES string of the molecule is Cc1ccc(Cl)cc1S(=O)(=O)N1CCC(O)CC1. The van der Waals surface area contributed by atoms with Crippen LogP contribution in [-0.4, -0.2) is 37.0 Å². The number of sulfonamides is 1. The van der Waals surface area contributed by atoms with E-state index in [2.05, 4.69) is 0 Å². The van der Waals surface area contributed by atoms with Crippen molar-refractivity contribution in [1.82, 2.24) is 4.31 Å². The molecule has 0 aromatic heterocycles. The van der Waals surface area contributed by atoms with Crippen LogP contribution < -0.4 is 0 Å². The van der Waals surface area contributed by atoms with Crippen molar-refractivity contribution >= 4 is 21.6 Å². The normalized spacial score (nSPS) is 19.1. The molecular formula is C12H16ClNO3S. The molecule has 0 atom stereocenters. The molecule has 0 aliphatic carbocycles. The van der Waals surface area contributed by atoms with Crippen LogP contribution >= 0.6 is 11.6 Å². The zero-order valence-corrected chi connectivity index (χ0v) is 11.7. The van der Waals surface area contributed by atoms with E-state index >= 15 is 0 Å². The van der Waals surface area contributed by atoms with Crippen molar-refractivity contribution in [2.45, 2.75) is 30.8 Å². The van der Waals surface area contributed by atoms with E-state index in [1.54, 1.807) is 19.1 Å². The van der Waals surface area contributed by atoms with Crippen molar-refractivity contribution in [3.8, 4) is 0 Å². The number of aryl methyl sites for hydroxylation is 1. The molecule has 6 heteroatoms. The fourth-order valence-corrected chi connectivity index (χ4v) is 4.03. The van der Waals surface area contributed by atoms with Crippen molar-refractivity contribution in [2.24, 2.45) is 0 Å². The first-order valence-electron chi connectivity index (χ1n) is 5.85. The van der Waals surface area contributed by atoms with Crippen LogP contribution in [0.2, 0.25) is 5.02 Å². The minimum Gasteiger partial charge on any atom is -0.393 e. The summed E-state index contributed by atoms with van der Waals surface area (Å²) in [6, 6.07) is 4.86. The Morgan fingerprint density at radius 2 is 1.94 bits per heavy atom. The summed E-state index contributed by atoms with van der Waals surface area (Å²) in [5.41, 5.74) is 0.686. The van der Waals surface area contributed by atoms with Gasteiger partial charge in [0.1, 0.15) is 0 Å². The third kappa shape index (κ3) is 2.69. The summed E-state index contributed by atoms with van der Waals surface area (Å²) in [7, 11) is -3.50. The minimum atomic E-state index is -3.50. The summed E-state index contributed by atoms with van der Waals surface area (Å²) in [6.07, 6.45) is 0.578. The van der Waals surface area contributed by atoms with E-state index in [0.29, 0.717) is 36.5 Å². The van der Waals surface area contributed by atoms with Gasteiger partial charge in [0.2, 0.25) is 10.0 Å². The lowest BCUT2D eigenvalue weighted by molar-refractivity contribution is 0.113. The highest BCUT2D eigenvalue weighted by molar-refractivity contribution is 7.89. The molecule has 1 saturated heterocycles. The van der Waals surface area contributed by atoms with Crippen molar-refractivity contribution in [3.05, 3.63) is 28.8 Å². The molecule has 0 radical (unpaired) electrons. The predicted molar refractivity (Wildman–Crippen MR) is 70.2 cm³/mol. The summed E-state index contributed by atoms with van der Waals surface area (Å²) in [5.74, 6) is 0. The van der Waals surface area contributed by atoms with Crippen LogP contribution in [0.5, 0.6) is 0 Å². The zero-order chi connectivity index (χ0) is 13.3. The van der Waals surface area contributed by atoms with Gasteiger partial charge in [-0.25, -0.2) is 8.42 Å². The number of halogens is 1. The van der Waals surface area contributed by atoms with Crippen molar-refractivity contribution < 1.29 is 13.5 Å². The maximum atomic E-state index is 12.5. The lowest BCUT2D eigenvalue weighted by Crippen LogP contribution is -2.40. The minimum absolute atomic E-state index is 0.256. The number of rotatable bonds is 2. The Morgan fingerprint density at radius 1 is 1.33 bits per heavy atom. The van der Waals surface area contributed by atoms with Gasteiger partial charge in [-0.05, 0) is 37.5 Å². The van der Waals surface area contributed by atoms with E-state index in [1.165, 1.54) is 10.4 Å². The van der Waals surface area contributed by atoms with Crippen LogP contribution in [0.1, 0.15) is 18.4 Å². The third-order valence-electron chi connectivity index (χ3n) is 3.19. The van der Waals surface area contributed by atoms with E-state index in [-0.39, 0.29) is 4.90 Å². The second-order valence-corrected chi connectivity index (χ2v) is 6.89. The molecule has 0 amide bonds. The van der Waals surface area contributed by atoms with Gasteiger partial charge < -0.3 is 5.11 Å². The van der Waals surface area contributed by atoms with Crippen molar-refractivity contribution in [3.63, 3.8) is 0 Å². The lowest BCUT2D eigenvalue weighted by atomic mass is 10.1. The average molecular weight is 290 g/mol. The van der Waals surface area contributed by atoms with Gasteiger partial charge in [-0.15, -0.1) is 0 Å². The highest BCUT2D eigenvalue weighted by Gasteiger charge is 2.29. The fraction of sp³-hybridized carbons (Fsp3) is 0.500. The van der Waals surface area contributed by atoms with Gasteiger partial charge in [0.05, 0.1) is 11.0 Å². The summed E-state index contributed by atoms with van der Waals surface area (Å²) in [5, 5.41) is 9.83. The van der Waals surface area contributed by atoms with Gasteiger partial charge in [-0.1, -0.05) is 17.7 Å². The van der Waals surface area contributed by atoms with Gasteiger partial charge in [0.25, 0.3) is 0 Å². The van der Waals surface area contributed by atoms with Crippen LogP contribution in [0, 0.1) is 6.92 Å². The van der Waals surface area contributed by atoms with E-state index < -0.39 is 16.1 Å². The summed E-state index contributed by atoms with van der Waals surface area (Å²) >= 11 is 5.86. The van der Waals surface area contributed by atoms with Gasteiger partial charge in [-0.3, -0.25) is 0 Å². The Morgan fingerprint density at radius 3 is 2.56 bits per heavy atom. The van der Waals surface area contributed by atoms with E-state index in [1.807, 2.05) is 0 Å². The summed E-state index contributed by atoms with van der Waals surface area (Å²) in [4.78, 5) is 0.256. The molecule has 0 bridgehead atoms. The molecular weight excluding hydrogens is 274 g/mol. The molecule has 0 spiro atoms. The molecule has 1 fully saturated rings. The quantitative estimate of drug-likeness (QED) is 0.903. The molecule has 1 aromatic rings. The number of benzene rings is 1. The molecule has 4 nitrogen and oxygen atoms in total. The lowest BCUT2D eigenvalue weighted by Gasteiger charge is -2.29. The van der Waals surface area contributed by atoms with Crippen molar-refractivity contribution in [2.75, 3.05) is 13.1 Å². The highest BCUT2D eigenvalue weighted by atomic mass is 35.5. The molecule has 100 valence electrons. The van der Waals surface area contributed by atoms with E-state index in [4.69, 9.17) is 11.6 Å². The number of nitrogens with zero attached hydrogens (tertiary/aromatic N) is 1. The van der Waals surface area contributed by atoms with Crippen LogP contribution in [0.15, 0.2) is 23.1 Å². The molecule has 18 heavy (non-hydrogen) atoms.